The van der Waals surface area contributed by atoms with Crippen LogP contribution >= 0.6 is 0 Å². The summed E-state index contributed by atoms with van der Waals surface area (Å²) in [5.74, 6) is -1.60. The molecule has 0 aliphatic rings. The average molecular weight is 340 g/mol. The number of H-pyrrole nitrogens is 1. The van der Waals surface area contributed by atoms with Gasteiger partial charge in [0, 0.05) is 26.4 Å². The maximum atomic E-state index is 13.9. The number of carbonyl (C=O) groups is 2. The molecule has 0 saturated carbocycles. The first-order valence-corrected chi connectivity index (χ1v) is 7.70. The van der Waals surface area contributed by atoms with Crippen molar-refractivity contribution in [2.45, 2.75) is 6.61 Å². The van der Waals surface area contributed by atoms with Gasteiger partial charge in [-0.15, -0.1) is 0 Å². The maximum Gasteiger partial charge on any atom is 0.294 e. The van der Waals surface area contributed by atoms with Gasteiger partial charge in [-0.1, -0.05) is 30.3 Å². The van der Waals surface area contributed by atoms with Crippen molar-refractivity contribution in [1.29, 1.82) is 0 Å². The Kier molecular flexibility index (Phi) is 4.52. The third kappa shape index (κ3) is 3.38. The number of Topliss-reactive ketones (excluding diaryl/α,β-unsaturated/α-hetero) is 1. The summed E-state index contributed by atoms with van der Waals surface area (Å²) in [7, 11) is 3.00. The van der Waals surface area contributed by atoms with Gasteiger partial charge in [0.05, 0.1) is 16.5 Å². The van der Waals surface area contributed by atoms with Crippen LogP contribution in [-0.2, 0) is 11.4 Å². The largest absolute Gasteiger partial charge is 0.488 e. The van der Waals surface area contributed by atoms with Gasteiger partial charge in [0.15, 0.2) is 0 Å². The Balaban J connectivity index is 2.00. The number of nitrogens with zero attached hydrogens (tertiary/aromatic N) is 1. The molecule has 0 bridgehead atoms. The highest BCUT2D eigenvalue weighted by Crippen LogP contribution is 2.31. The van der Waals surface area contributed by atoms with E-state index in [1.807, 2.05) is 30.3 Å². The second kappa shape index (κ2) is 6.76. The lowest BCUT2D eigenvalue weighted by molar-refractivity contribution is -0.124. The number of halogens is 1. The summed E-state index contributed by atoms with van der Waals surface area (Å²) in [4.78, 5) is 28.4. The number of hydrogen-bond acceptors (Lipinski definition) is 3. The third-order valence-electron chi connectivity index (χ3n) is 3.79. The normalized spacial score (nSPS) is 10.7. The topological polar surface area (TPSA) is 62.4 Å². The second-order valence-electron chi connectivity index (χ2n) is 5.83. The van der Waals surface area contributed by atoms with E-state index in [2.05, 4.69) is 4.98 Å². The number of nitrogens with one attached hydrogen (secondary N) is 1. The van der Waals surface area contributed by atoms with Gasteiger partial charge in [-0.25, -0.2) is 4.39 Å². The molecule has 0 atom stereocenters. The van der Waals surface area contributed by atoms with Crippen molar-refractivity contribution in [3.63, 3.8) is 0 Å². The number of ether oxygens (including phenoxy) is 1. The smallest absolute Gasteiger partial charge is 0.294 e. The van der Waals surface area contributed by atoms with E-state index < -0.39 is 17.5 Å². The fourth-order valence-corrected chi connectivity index (χ4v) is 2.54. The molecule has 6 heteroatoms. The molecule has 0 aliphatic carbocycles. The zero-order valence-corrected chi connectivity index (χ0v) is 13.9. The first-order chi connectivity index (χ1) is 12.0. The Morgan fingerprint density at radius 3 is 2.56 bits per heavy atom. The highest BCUT2D eigenvalue weighted by atomic mass is 19.1. The molecular weight excluding hydrogens is 323 g/mol. The lowest BCUT2D eigenvalue weighted by Crippen LogP contribution is -2.29. The van der Waals surface area contributed by atoms with Crippen LogP contribution in [0.15, 0.2) is 48.7 Å². The molecule has 1 N–H and O–H groups in total. The average Bonchev–Trinajstić information content (AvgIpc) is 3.02. The maximum absolute atomic E-state index is 13.9. The van der Waals surface area contributed by atoms with Crippen molar-refractivity contribution in [2.75, 3.05) is 14.1 Å². The number of hydrogen-bond donors (Lipinski definition) is 1. The minimum Gasteiger partial charge on any atom is -0.488 e. The Morgan fingerprint density at radius 2 is 1.88 bits per heavy atom. The molecule has 0 aliphatic heterocycles. The SMILES string of the molecule is CN(C)C(=O)C(=O)c1c[nH]c2cc(F)cc(OCc3ccccc3)c12. The number of rotatable bonds is 5. The predicted molar refractivity (Wildman–Crippen MR) is 92.1 cm³/mol. The summed E-state index contributed by atoms with van der Waals surface area (Å²) in [6.45, 7) is 0.222. The fraction of sp³-hybridized carbons (Fsp3) is 0.158. The number of amides is 1. The zero-order valence-electron chi connectivity index (χ0n) is 13.9. The molecule has 5 nitrogen and oxygen atoms in total. The summed E-state index contributed by atoms with van der Waals surface area (Å²) < 4.78 is 19.6. The predicted octanol–water partition coefficient (Wildman–Crippen LogP) is 3.16. The molecule has 0 fully saturated rings. The Morgan fingerprint density at radius 1 is 1.16 bits per heavy atom. The first-order valence-electron chi connectivity index (χ1n) is 7.70. The zero-order chi connectivity index (χ0) is 18.0. The van der Waals surface area contributed by atoms with Crippen LogP contribution in [0, 0.1) is 5.82 Å². The molecule has 3 aromatic rings. The van der Waals surface area contributed by atoms with Gasteiger partial charge >= 0.3 is 0 Å². The fourth-order valence-electron chi connectivity index (χ4n) is 2.54. The lowest BCUT2D eigenvalue weighted by Gasteiger charge is -2.11. The standard InChI is InChI=1S/C19H17FN2O3/c1-22(2)19(24)18(23)14-10-21-15-8-13(20)9-16(17(14)15)25-11-12-6-4-3-5-7-12/h3-10,21H,11H2,1-2H3. The minimum absolute atomic E-state index is 0.164. The van der Waals surface area contributed by atoms with Crippen molar-refractivity contribution in [2.24, 2.45) is 0 Å². The number of fused-ring (bicyclic) bond motifs is 1. The Labute approximate surface area is 144 Å². The van der Waals surface area contributed by atoms with Crippen LogP contribution in [-0.4, -0.2) is 35.7 Å². The highest BCUT2D eigenvalue weighted by Gasteiger charge is 2.24. The number of benzene rings is 2. The van der Waals surface area contributed by atoms with Crippen molar-refractivity contribution < 1.29 is 18.7 Å². The van der Waals surface area contributed by atoms with E-state index in [-0.39, 0.29) is 17.9 Å². The van der Waals surface area contributed by atoms with Gasteiger partial charge in [0.1, 0.15) is 18.2 Å². The summed E-state index contributed by atoms with van der Waals surface area (Å²) in [6.07, 6.45) is 1.41. The molecule has 0 saturated heterocycles. The molecule has 0 spiro atoms. The van der Waals surface area contributed by atoms with Crippen LogP contribution in [0.4, 0.5) is 4.39 Å². The second-order valence-corrected chi connectivity index (χ2v) is 5.83. The van der Waals surface area contributed by atoms with Gasteiger partial charge in [-0.05, 0) is 11.6 Å². The van der Waals surface area contributed by atoms with Gasteiger partial charge in [-0.3, -0.25) is 9.59 Å². The minimum atomic E-state index is -0.674. The summed E-state index contributed by atoms with van der Waals surface area (Å²) in [6, 6.07) is 11.9. The van der Waals surface area contributed by atoms with E-state index in [1.54, 1.807) is 0 Å². The monoisotopic (exact) mass is 340 g/mol. The molecule has 25 heavy (non-hydrogen) atoms. The van der Waals surface area contributed by atoms with Crippen molar-refractivity contribution in [1.82, 2.24) is 9.88 Å². The Bertz CT molecular complexity index is 932. The van der Waals surface area contributed by atoms with Gasteiger partial charge in [-0.2, -0.15) is 0 Å². The molecule has 1 heterocycles. The number of carbonyl (C=O) groups excluding carboxylic acids is 2. The van der Waals surface area contributed by atoms with E-state index in [0.29, 0.717) is 10.9 Å². The molecule has 0 radical (unpaired) electrons. The molecule has 3 rings (SSSR count). The summed E-state index contributed by atoms with van der Waals surface area (Å²) in [5.41, 5.74) is 1.47. The van der Waals surface area contributed by atoms with Crippen LogP contribution < -0.4 is 4.74 Å². The van der Waals surface area contributed by atoms with E-state index in [0.717, 1.165) is 5.56 Å². The molecule has 1 amide bonds. The van der Waals surface area contributed by atoms with Crippen LogP contribution in [0.2, 0.25) is 0 Å². The van der Waals surface area contributed by atoms with Crippen LogP contribution in [0.5, 0.6) is 5.75 Å². The van der Waals surface area contributed by atoms with Crippen molar-refractivity contribution in [3.8, 4) is 5.75 Å². The van der Waals surface area contributed by atoms with E-state index >= 15 is 0 Å². The van der Waals surface area contributed by atoms with E-state index in [9.17, 15) is 14.0 Å². The quantitative estimate of drug-likeness (QED) is 0.573. The van der Waals surface area contributed by atoms with Gasteiger partial charge < -0.3 is 14.6 Å². The molecule has 1 aromatic heterocycles. The van der Waals surface area contributed by atoms with Crippen molar-refractivity contribution >= 4 is 22.6 Å². The van der Waals surface area contributed by atoms with E-state index in [4.69, 9.17) is 4.74 Å². The molecule has 128 valence electrons. The third-order valence-corrected chi connectivity index (χ3v) is 3.79. The number of likely N-dealkylation sites (N-methyl/N-ethyl adjacent to an activating group) is 1. The number of aromatic nitrogens is 1. The lowest BCUT2D eigenvalue weighted by atomic mass is 10.1. The van der Waals surface area contributed by atoms with Crippen LogP contribution in [0.3, 0.4) is 0 Å². The molecule has 0 unspecified atom stereocenters. The van der Waals surface area contributed by atoms with Crippen LogP contribution in [0.25, 0.3) is 10.9 Å². The summed E-state index contributed by atoms with van der Waals surface area (Å²) >= 11 is 0. The molecular formula is C19H17FN2O3. The van der Waals surface area contributed by atoms with E-state index in [1.165, 1.54) is 37.3 Å². The van der Waals surface area contributed by atoms with Gasteiger partial charge in [0.25, 0.3) is 11.7 Å². The highest BCUT2D eigenvalue weighted by molar-refractivity contribution is 6.45. The first kappa shape index (κ1) is 16.7. The Hall–Kier alpha value is -3.15. The summed E-state index contributed by atoms with van der Waals surface area (Å²) in [5, 5.41) is 0.400. The molecule has 2 aromatic carbocycles. The van der Waals surface area contributed by atoms with Crippen molar-refractivity contribution in [3.05, 3.63) is 65.6 Å². The number of aromatic amines is 1. The number of ketones is 1. The van der Waals surface area contributed by atoms with Gasteiger partial charge in [0.2, 0.25) is 0 Å². The van der Waals surface area contributed by atoms with Crippen LogP contribution in [0.1, 0.15) is 15.9 Å².